The van der Waals surface area contributed by atoms with Gasteiger partial charge in [-0.2, -0.15) is 0 Å². The summed E-state index contributed by atoms with van der Waals surface area (Å²) in [5, 5.41) is 3.49. The minimum Gasteiger partial charge on any atom is -0.363 e. The van der Waals surface area contributed by atoms with Gasteiger partial charge in [0.1, 0.15) is 5.82 Å². The van der Waals surface area contributed by atoms with Crippen molar-refractivity contribution in [2.75, 3.05) is 24.3 Å². The summed E-state index contributed by atoms with van der Waals surface area (Å²) in [5.74, 6) is 0.615. The van der Waals surface area contributed by atoms with Crippen LogP contribution in [0.25, 0.3) is 22.3 Å². The second kappa shape index (κ2) is 9.02. The van der Waals surface area contributed by atoms with Gasteiger partial charge in [-0.05, 0) is 47.0 Å². The number of carbonyl (C=O) groups excluding carboxylic acids is 1. The largest absolute Gasteiger partial charge is 0.363 e. The van der Waals surface area contributed by atoms with E-state index < -0.39 is 0 Å². The van der Waals surface area contributed by atoms with Crippen LogP contribution in [0.4, 0.5) is 11.5 Å². The lowest BCUT2D eigenvalue weighted by Crippen LogP contribution is -2.13. The van der Waals surface area contributed by atoms with Crippen molar-refractivity contribution < 1.29 is 4.79 Å². The van der Waals surface area contributed by atoms with Gasteiger partial charge in [0.2, 0.25) is 0 Å². The summed E-state index contributed by atoms with van der Waals surface area (Å²) in [7, 11) is 3.84. The van der Waals surface area contributed by atoms with E-state index in [9.17, 15) is 4.79 Å². The maximum atomic E-state index is 12.8. The van der Waals surface area contributed by atoms with Crippen molar-refractivity contribution in [3.63, 3.8) is 0 Å². The number of carbonyl (C=O) groups is 1. The number of pyridine rings is 1. The van der Waals surface area contributed by atoms with E-state index >= 15 is 0 Å². The van der Waals surface area contributed by atoms with Gasteiger partial charge in [-0.3, -0.25) is 4.79 Å². The minimum absolute atomic E-state index is 0.210. The van der Waals surface area contributed by atoms with Gasteiger partial charge >= 0.3 is 0 Å². The van der Waals surface area contributed by atoms with E-state index in [0.717, 1.165) is 28.1 Å². The van der Waals surface area contributed by atoms with Crippen molar-refractivity contribution in [3.05, 3.63) is 102 Å². The maximum absolute atomic E-state index is 12.8. The molecular weight excluding hydrogens is 406 g/mol. The normalized spacial score (nSPS) is 10.5. The smallest absolute Gasteiger partial charge is 0.255 e. The Balaban J connectivity index is 1.56. The van der Waals surface area contributed by atoms with Crippen LogP contribution in [0.15, 0.2) is 91.1 Å². The summed E-state index contributed by atoms with van der Waals surface area (Å²) in [4.78, 5) is 19.0. The van der Waals surface area contributed by atoms with Crippen molar-refractivity contribution in [2.45, 2.75) is 0 Å². The number of nitrogens with one attached hydrogen (secondary N) is 1. The Labute approximate surface area is 187 Å². The molecule has 0 spiro atoms. The highest BCUT2D eigenvalue weighted by Gasteiger charge is 2.12. The second-order valence-corrected chi connectivity index (χ2v) is 7.80. The molecule has 1 N–H and O–H groups in total. The molecule has 0 aliphatic rings. The Morgan fingerprint density at radius 3 is 2.16 bits per heavy atom. The molecule has 4 aromatic rings. The molecule has 0 saturated heterocycles. The number of anilines is 2. The molecule has 154 valence electrons. The Morgan fingerprint density at radius 1 is 0.839 bits per heavy atom. The first-order valence-corrected chi connectivity index (χ1v) is 10.3. The molecule has 0 unspecified atom stereocenters. The van der Waals surface area contributed by atoms with Gasteiger partial charge in [-0.15, -0.1) is 0 Å². The summed E-state index contributed by atoms with van der Waals surface area (Å²) < 4.78 is 0. The number of halogens is 1. The SMILES string of the molecule is CN(C)c1ccc(NC(=O)c2ccc(Cl)c(-c3ccc(-c4ccccc4)cc3)c2)cn1. The van der Waals surface area contributed by atoms with Crippen molar-refractivity contribution in [2.24, 2.45) is 0 Å². The van der Waals surface area contributed by atoms with Crippen molar-refractivity contribution in [1.82, 2.24) is 4.98 Å². The highest BCUT2D eigenvalue weighted by molar-refractivity contribution is 6.33. The number of rotatable bonds is 5. The molecule has 0 radical (unpaired) electrons. The van der Waals surface area contributed by atoms with Crippen molar-refractivity contribution in [1.29, 1.82) is 0 Å². The molecule has 1 heterocycles. The third kappa shape index (κ3) is 4.76. The summed E-state index contributed by atoms with van der Waals surface area (Å²) in [6.45, 7) is 0. The first kappa shape index (κ1) is 20.6. The third-order valence-corrected chi connectivity index (χ3v) is 5.33. The van der Waals surface area contributed by atoms with E-state index in [1.165, 1.54) is 0 Å². The van der Waals surface area contributed by atoms with Gasteiger partial charge in [0.25, 0.3) is 5.91 Å². The molecule has 0 atom stereocenters. The van der Waals surface area contributed by atoms with Crippen LogP contribution < -0.4 is 10.2 Å². The van der Waals surface area contributed by atoms with Crippen LogP contribution >= 0.6 is 11.6 Å². The number of aromatic nitrogens is 1. The van der Waals surface area contributed by atoms with Crippen LogP contribution in [-0.4, -0.2) is 25.0 Å². The number of benzene rings is 3. The number of hydrogen-bond acceptors (Lipinski definition) is 3. The standard InChI is InChI=1S/C26H22ClN3O/c1-30(2)25-15-13-22(17-28-25)29-26(31)21-12-14-24(27)23(16-21)20-10-8-19(9-11-20)18-6-4-3-5-7-18/h3-17H,1-2H3,(H,29,31). The van der Waals surface area contributed by atoms with Crippen LogP contribution in [0.3, 0.4) is 0 Å². The van der Waals surface area contributed by atoms with Crippen LogP contribution in [0.2, 0.25) is 5.02 Å². The van der Waals surface area contributed by atoms with Crippen molar-refractivity contribution >= 4 is 29.0 Å². The average Bonchev–Trinajstić information content (AvgIpc) is 2.80. The van der Waals surface area contributed by atoms with Gasteiger partial charge in [-0.1, -0.05) is 66.2 Å². The number of amides is 1. The summed E-state index contributed by atoms with van der Waals surface area (Å²) >= 11 is 6.45. The molecule has 0 saturated carbocycles. The second-order valence-electron chi connectivity index (χ2n) is 7.39. The first-order chi connectivity index (χ1) is 15.0. The monoisotopic (exact) mass is 427 g/mol. The van der Waals surface area contributed by atoms with Gasteiger partial charge < -0.3 is 10.2 Å². The zero-order valence-electron chi connectivity index (χ0n) is 17.3. The maximum Gasteiger partial charge on any atom is 0.255 e. The number of hydrogen-bond donors (Lipinski definition) is 1. The fourth-order valence-electron chi connectivity index (χ4n) is 3.29. The highest BCUT2D eigenvalue weighted by atomic mass is 35.5. The topological polar surface area (TPSA) is 45.2 Å². The van der Waals surface area contributed by atoms with Crippen LogP contribution in [0.5, 0.6) is 0 Å². The molecule has 0 bridgehead atoms. The summed E-state index contributed by atoms with van der Waals surface area (Å²) in [6, 6.07) is 27.3. The fourth-order valence-corrected chi connectivity index (χ4v) is 3.52. The molecule has 0 aliphatic heterocycles. The molecule has 3 aromatic carbocycles. The minimum atomic E-state index is -0.210. The van der Waals surface area contributed by atoms with Crippen molar-refractivity contribution in [3.8, 4) is 22.3 Å². The molecule has 5 heteroatoms. The lowest BCUT2D eigenvalue weighted by Gasteiger charge is -2.12. The van der Waals surface area contributed by atoms with Gasteiger partial charge in [0.05, 0.1) is 11.9 Å². The molecule has 31 heavy (non-hydrogen) atoms. The molecule has 4 rings (SSSR count). The Kier molecular flexibility index (Phi) is 6.01. The first-order valence-electron chi connectivity index (χ1n) is 9.91. The Morgan fingerprint density at radius 2 is 1.52 bits per heavy atom. The molecule has 0 aliphatic carbocycles. The fraction of sp³-hybridized carbons (Fsp3) is 0.0769. The summed E-state index contributed by atoms with van der Waals surface area (Å²) in [6.07, 6.45) is 1.65. The lowest BCUT2D eigenvalue weighted by molar-refractivity contribution is 0.102. The van der Waals surface area contributed by atoms with E-state index in [1.807, 2.05) is 67.5 Å². The van der Waals surface area contributed by atoms with Gasteiger partial charge in [0.15, 0.2) is 0 Å². The third-order valence-electron chi connectivity index (χ3n) is 5.00. The van der Waals surface area contributed by atoms with Gasteiger partial charge in [-0.25, -0.2) is 4.98 Å². The lowest BCUT2D eigenvalue weighted by atomic mass is 9.99. The quantitative estimate of drug-likeness (QED) is 0.401. The Bertz CT molecular complexity index is 1190. The van der Waals surface area contributed by atoms with E-state index in [-0.39, 0.29) is 5.91 Å². The van der Waals surface area contributed by atoms with Crippen LogP contribution in [0, 0.1) is 0 Å². The molecule has 1 amide bonds. The van der Waals surface area contributed by atoms with E-state index in [1.54, 1.807) is 18.3 Å². The molecule has 1 aromatic heterocycles. The summed E-state index contributed by atoms with van der Waals surface area (Å²) in [5.41, 5.74) is 5.22. The average molecular weight is 428 g/mol. The zero-order chi connectivity index (χ0) is 21.8. The molecule has 4 nitrogen and oxygen atoms in total. The predicted octanol–water partition coefficient (Wildman–Crippen LogP) is 6.39. The molecular formula is C26H22ClN3O. The predicted molar refractivity (Wildman–Crippen MR) is 129 cm³/mol. The van der Waals surface area contributed by atoms with E-state index in [4.69, 9.17) is 11.6 Å². The highest BCUT2D eigenvalue weighted by Crippen LogP contribution is 2.31. The van der Waals surface area contributed by atoms with Crippen LogP contribution in [0.1, 0.15) is 10.4 Å². The molecule has 0 fully saturated rings. The zero-order valence-corrected chi connectivity index (χ0v) is 18.1. The number of nitrogens with zero attached hydrogens (tertiary/aromatic N) is 2. The van der Waals surface area contributed by atoms with E-state index in [2.05, 4.69) is 34.6 Å². The van der Waals surface area contributed by atoms with Gasteiger partial charge in [0, 0.05) is 30.2 Å². The van der Waals surface area contributed by atoms with Crippen LogP contribution in [-0.2, 0) is 0 Å². The Hall–Kier alpha value is -3.63. The van der Waals surface area contributed by atoms with E-state index in [0.29, 0.717) is 16.3 Å².